The van der Waals surface area contributed by atoms with Gasteiger partial charge in [0, 0.05) is 23.3 Å². The molecule has 18 heavy (non-hydrogen) atoms. The van der Waals surface area contributed by atoms with Gasteiger partial charge in [0.05, 0.1) is 5.56 Å². The number of carbonyl (C=O) groups excluding carboxylic acids is 1. The molecule has 0 aliphatic carbocycles. The zero-order valence-corrected chi connectivity index (χ0v) is 10.7. The van der Waals surface area contributed by atoms with E-state index in [1.165, 1.54) is 12.4 Å². The van der Waals surface area contributed by atoms with E-state index in [1.54, 1.807) is 12.1 Å². The van der Waals surface area contributed by atoms with Crippen LogP contribution in [0.5, 0.6) is 0 Å². The number of hydrogen-bond donors (Lipinski definition) is 0. The predicted molar refractivity (Wildman–Crippen MR) is 66.3 cm³/mol. The molecule has 5 heteroatoms. The first-order valence-electron chi connectivity index (χ1n) is 5.14. The first-order valence-corrected chi connectivity index (χ1v) is 5.94. The lowest BCUT2D eigenvalue weighted by Gasteiger charge is -2.05. The van der Waals surface area contributed by atoms with Crippen LogP contribution in [0, 0.1) is 11.6 Å². The Labute approximate surface area is 111 Å². The topological polar surface area (TPSA) is 30.0 Å². The van der Waals surface area contributed by atoms with Crippen molar-refractivity contribution in [3.8, 4) is 0 Å². The fourth-order valence-corrected chi connectivity index (χ4v) is 1.98. The highest BCUT2D eigenvalue weighted by molar-refractivity contribution is 9.10. The number of carbonyl (C=O) groups is 1. The molecule has 0 unspecified atom stereocenters. The number of aromatic nitrogens is 1. The Bertz CT molecular complexity index is 564. The van der Waals surface area contributed by atoms with Gasteiger partial charge in [0.2, 0.25) is 0 Å². The average Bonchev–Trinajstić information content (AvgIpc) is 2.28. The Morgan fingerprint density at radius 2 is 1.72 bits per heavy atom. The average molecular weight is 312 g/mol. The molecule has 0 aliphatic rings. The van der Waals surface area contributed by atoms with Crippen LogP contribution in [-0.4, -0.2) is 10.8 Å². The standard InChI is InChI=1S/C13H8BrF2NO/c14-9-6-10(15)13(11(16)7-9)12(18)5-8-1-3-17-4-2-8/h1-4,6-7H,5H2. The molecule has 1 aromatic carbocycles. The van der Waals surface area contributed by atoms with Gasteiger partial charge < -0.3 is 0 Å². The molecule has 0 fully saturated rings. The second-order valence-corrected chi connectivity index (χ2v) is 4.62. The number of pyridine rings is 1. The Balaban J connectivity index is 2.30. The van der Waals surface area contributed by atoms with Crippen molar-refractivity contribution in [2.75, 3.05) is 0 Å². The van der Waals surface area contributed by atoms with Gasteiger partial charge >= 0.3 is 0 Å². The minimum atomic E-state index is -0.860. The molecule has 2 nitrogen and oxygen atoms in total. The highest BCUT2D eigenvalue weighted by Crippen LogP contribution is 2.21. The molecule has 0 bridgehead atoms. The number of hydrogen-bond acceptors (Lipinski definition) is 2. The predicted octanol–water partition coefficient (Wildman–Crippen LogP) is 3.55. The van der Waals surface area contributed by atoms with Crippen LogP contribution in [0.25, 0.3) is 0 Å². The zero-order chi connectivity index (χ0) is 13.1. The van der Waals surface area contributed by atoms with E-state index < -0.39 is 23.0 Å². The van der Waals surface area contributed by atoms with E-state index in [1.807, 2.05) is 0 Å². The van der Waals surface area contributed by atoms with E-state index in [-0.39, 0.29) is 10.9 Å². The molecule has 0 atom stereocenters. The zero-order valence-electron chi connectivity index (χ0n) is 9.16. The molecule has 0 N–H and O–H groups in total. The summed E-state index contributed by atoms with van der Waals surface area (Å²) in [5.74, 6) is -2.31. The van der Waals surface area contributed by atoms with E-state index >= 15 is 0 Å². The lowest BCUT2D eigenvalue weighted by atomic mass is 10.0. The van der Waals surface area contributed by atoms with Crippen LogP contribution in [0.15, 0.2) is 41.1 Å². The first kappa shape index (κ1) is 12.8. The van der Waals surface area contributed by atoms with Crippen LogP contribution >= 0.6 is 15.9 Å². The normalized spacial score (nSPS) is 10.4. The number of nitrogens with zero attached hydrogens (tertiary/aromatic N) is 1. The van der Waals surface area contributed by atoms with Gasteiger partial charge in [0.25, 0.3) is 0 Å². The number of rotatable bonds is 3. The molecule has 1 heterocycles. The fourth-order valence-electron chi connectivity index (χ4n) is 1.58. The highest BCUT2D eigenvalue weighted by Gasteiger charge is 2.18. The Morgan fingerprint density at radius 3 is 2.28 bits per heavy atom. The molecule has 0 radical (unpaired) electrons. The maximum absolute atomic E-state index is 13.6. The van der Waals surface area contributed by atoms with Crippen LogP contribution in [0.2, 0.25) is 0 Å². The van der Waals surface area contributed by atoms with Crippen LogP contribution in [-0.2, 0) is 6.42 Å². The number of benzene rings is 1. The summed E-state index contributed by atoms with van der Waals surface area (Å²) in [5, 5.41) is 0. The number of Topliss-reactive ketones (excluding diaryl/α,β-unsaturated/α-hetero) is 1. The summed E-state index contributed by atoms with van der Waals surface area (Å²) >= 11 is 2.96. The van der Waals surface area contributed by atoms with Crippen molar-refractivity contribution in [1.29, 1.82) is 0 Å². The Morgan fingerprint density at radius 1 is 1.17 bits per heavy atom. The van der Waals surface area contributed by atoms with E-state index in [0.717, 1.165) is 12.1 Å². The molecule has 92 valence electrons. The largest absolute Gasteiger partial charge is 0.294 e. The van der Waals surface area contributed by atoms with Crippen molar-refractivity contribution in [2.24, 2.45) is 0 Å². The van der Waals surface area contributed by atoms with Gasteiger partial charge in [-0.25, -0.2) is 8.78 Å². The third-order valence-electron chi connectivity index (χ3n) is 2.40. The third-order valence-corrected chi connectivity index (χ3v) is 2.86. The summed E-state index contributed by atoms with van der Waals surface area (Å²) in [7, 11) is 0. The summed E-state index contributed by atoms with van der Waals surface area (Å²) in [5.41, 5.74) is 0.159. The molecule has 1 aromatic heterocycles. The smallest absolute Gasteiger partial charge is 0.173 e. The lowest BCUT2D eigenvalue weighted by Crippen LogP contribution is -2.09. The van der Waals surface area contributed by atoms with Gasteiger partial charge in [-0.3, -0.25) is 9.78 Å². The van der Waals surface area contributed by atoms with Crippen LogP contribution in [0.1, 0.15) is 15.9 Å². The Kier molecular flexibility index (Phi) is 3.81. The summed E-state index contributed by atoms with van der Waals surface area (Å²) in [6.45, 7) is 0. The van der Waals surface area contributed by atoms with Gasteiger partial charge in [0.15, 0.2) is 5.78 Å². The summed E-state index contributed by atoms with van der Waals surface area (Å²) < 4.78 is 27.4. The van der Waals surface area contributed by atoms with Gasteiger partial charge in [0.1, 0.15) is 11.6 Å². The maximum Gasteiger partial charge on any atom is 0.173 e. The van der Waals surface area contributed by atoms with Gasteiger partial charge in [-0.2, -0.15) is 0 Å². The monoisotopic (exact) mass is 311 g/mol. The quantitative estimate of drug-likeness (QED) is 0.811. The molecule has 0 saturated heterocycles. The van der Waals surface area contributed by atoms with E-state index in [0.29, 0.717) is 5.56 Å². The van der Waals surface area contributed by atoms with E-state index in [4.69, 9.17) is 0 Å². The maximum atomic E-state index is 13.6. The SMILES string of the molecule is O=C(Cc1ccncc1)c1c(F)cc(Br)cc1F. The minimum absolute atomic E-state index is 0.0575. The van der Waals surface area contributed by atoms with E-state index in [9.17, 15) is 13.6 Å². The first-order chi connectivity index (χ1) is 8.58. The van der Waals surface area contributed by atoms with Crippen LogP contribution in [0.3, 0.4) is 0 Å². The molecule has 0 saturated carbocycles. The molecule has 2 rings (SSSR count). The van der Waals surface area contributed by atoms with E-state index in [2.05, 4.69) is 20.9 Å². The van der Waals surface area contributed by atoms with Crippen molar-refractivity contribution >= 4 is 21.7 Å². The number of ketones is 1. The van der Waals surface area contributed by atoms with Crippen LogP contribution < -0.4 is 0 Å². The Hall–Kier alpha value is -1.62. The molecule has 0 spiro atoms. The van der Waals surface area contributed by atoms with Gasteiger partial charge in [-0.15, -0.1) is 0 Å². The minimum Gasteiger partial charge on any atom is -0.294 e. The molecule has 2 aromatic rings. The highest BCUT2D eigenvalue weighted by atomic mass is 79.9. The summed E-state index contributed by atoms with van der Waals surface area (Å²) in [6, 6.07) is 5.41. The molecule has 0 amide bonds. The number of halogens is 3. The third kappa shape index (κ3) is 2.79. The summed E-state index contributed by atoms with van der Waals surface area (Å²) in [4.78, 5) is 15.7. The second kappa shape index (κ2) is 5.35. The molecule has 0 aliphatic heterocycles. The van der Waals surface area contributed by atoms with Crippen molar-refractivity contribution < 1.29 is 13.6 Å². The second-order valence-electron chi connectivity index (χ2n) is 3.70. The van der Waals surface area contributed by atoms with Gasteiger partial charge in [-0.1, -0.05) is 15.9 Å². The van der Waals surface area contributed by atoms with Crippen molar-refractivity contribution in [1.82, 2.24) is 4.98 Å². The van der Waals surface area contributed by atoms with Gasteiger partial charge in [-0.05, 0) is 29.8 Å². The van der Waals surface area contributed by atoms with Crippen molar-refractivity contribution in [2.45, 2.75) is 6.42 Å². The molecular weight excluding hydrogens is 304 g/mol. The van der Waals surface area contributed by atoms with Crippen LogP contribution in [0.4, 0.5) is 8.78 Å². The fraction of sp³-hybridized carbons (Fsp3) is 0.0769. The summed E-state index contributed by atoms with van der Waals surface area (Å²) in [6.07, 6.45) is 2.99. The van der Waals surface area contributed by atoms with Crippen molar-refractivity contribution in [3.63, 3.8) is 0 Å². The lowest BCUT2D eigenvalue weighted by molar-refractivity contribution is 0.0985. The molecular formula is C13H8BrF2NO. The van der Waals surface area contributed by atoms with Crippen molar-refractivity contribution in [3.05, 3.63) is 63.9 Å².